The zero-order valence-corrected chi connectivity index (χ0v) is 41.3. The average Bonchev–Trinajstić information content (AvgIpc) is 3.71. The second kappa shape index (κ2) is 27.9. The molecule has 15 atom stereocenters. The van der Waals surface area contributed by atoms with Gasteiger partial charge in [0, 0.05) is 19.3 Å². The molecule has 3 amide bonds. The van der Waals surface area contributed by atoms with E-state index in [1.165, 1.54) is 0 Å². The molecule has 1 saturated carbocycles. The third-order valence-electron chi connectivity index (χ3n) is 13.1. The maximum atomic E-state index is 13.2. The van der Waals surface area contributed by atoms with Crippen molar-refractivity contribution in [3.8, 4) is 6.07 Å². The largest absolute Gasteiger partial charge is 0.445 e. The van der Waals surface area contributed by atoms with Crippen LogP contribution in [0.5, 0.6) is 0 Å². The first-order valence-corrected chi connectivity index (χ1v) is 24.9. The highest BCUT2D eigenvalue weighted by atomic mass is 16.8. The van der Waals surface area contributed by atoms with Crippen LogP contribution in [-0.4, -0.2) is 132 Å². The molecule has 2 fully saturated rings. The topological polar surface area (TPSA) is 272 Å². The van der Waals surface area contributed by atoms with Gasteiger partial charge in [0.15, 0.2) is 18.9 Å². The van der Waals surface area contributed by atoms with Crippen molar-refractivity contribution in [2.24, 2.45) is 11.8 Å². The predicted molar refractivity (Wildman–Crippen MR) is 262 cm³/mol. The number of Topliss-reactive ketones (excluding diaryl/α,β-unsaturated/α-hetero) is 1. The maximum absolute atomic E-state index is 13.2. The van der Waals surface area contributed by atoms with E-state index >= 15 is 0 Å². The molecule has 4 aliphatic rings. The van der Waals surface area contributed by atoms with Crippen molar-refractivity contribution >= 4 is 24.1 Å². The summed E-state index contributed by atoms with van der Waals surface area (Å²) in [6.45, 7) is 2.99. The van der Waals surface area contributed by atoms with Crippen molar-refractivity contribution in [2.75, 3.05) is 13.2 Å². The Balaban J connectivity index is 1.07. The maximum Gasteiger partial charge on any atom is 0.408 e. The highest BCUT2D eigenvalue weighted by Gasteiger charge is 2.53. The van der Waals surface area contributed by atoms with Crippen molar-refractivity contribution in [2.45, 2.75) is 146 Å². The number of hydrogen-bond acceptors (Lipinski definition) is 17. The van der Waals surface area contributed by atoms with Gasteiger partial charge >= 0.3 is 18.3 Å². The van der Waals surface area contributed by atoms with E-state index in [1.807, 2.05) is 86.6 Å². The van der Waals surface area contributed by atoms with E-state index in [0.717, 1.165) is 16.7 Å². The van der Waals surface area contributed by atoms with Crippen LogP contribution in [0.4, 0.5) is 14.4 Å². The van der Waals surface area contributed by atoms with E-state index in [2.05, 4.69) is 16.0 Å². The lowest BCUT2D eigenvalue weighted by Crippen LogP contribution is -2.58. The van der Waals surface area contributed by atoms with Gasteiger partial charge < -0.3 is 73.9 Å². The quantitative estimate of drug-likeness (QED) is 0.0572. The van der Waals surface area contributed by atoms with Crippen LogP contribution in [-0.2, 0) is 67.2 Å². The van der Waals surface area contributed by atoms with Crippen LogP contribution in [0.2, 0.25) is 0 Å². The summed E-state index contributed by atoms with van der Waals surface area (Å²) in [6, 6.07) is 27.4. The number of nitrogens with one attached hydrogen (secondary N) is 3. The van der Waals surface area contributed by atoms with Crippen LogP contribution >= 0.6 is 0 Å². The van der Waals surface area contributed by atoms with Gasteiger partial charge in [0.05, 0.1) is 43.6 Å². The molecule has 20 heteroatoms. The first kappa shape index (κ1) is 55.5. The molecule has 0 radical (unpaired) electrons. The van der Waals surface area contributed by atoms with Crippen LogP contribution in [0, 0.1) is 23.2 Å². The molecule has 0 aromatic heterocycles. The third kappa shape index (κ3) is 15.9. The molecule has 1 aliphatic carbocycles. The monoisotopic (exact) mass is 1030 g/mol. The van der Waals surface area contributed by atoms with Gasteiger partial charge in [-0.1, -0.05) is 129 Å². The van der Waals surface area contributed by atoms with Gasteiger partial charge in [0.1, 0.15) is 62.1 Å². The summed E-state index contributed by atoms with van der Waals surface area (Å²) in [5.41, 5.74) is 2.31. The lowest BCUT2D eigenvalue weighted by molar-refractivity contribution is -0.291. The SMILES string of the molecule is CC[C@@H]1C=C[C@@H](NC(=O)OCc2ccccc2)[C@@H](O[C@H]2[C@H](O[C@@H]3O[C@H](CO)[C@@H](O[C@H]4O[C@@H](CNC(=O)OCc5ccccc5)C=C[C@H]4NC(=O)OCc4ccccc4)[C@H]3O)[C@@H](O)[C@H](CC(=O)CCC#N)C[C@@H]2C)O1. The molecule has 20 nitrogen and oxygen atoms in total. The fraction of sp³-hybridized carbons (Fsp3) is 0.500. The van der Waals surface area contributed by atoms with Crippen LogP contribution in [0.1, 0.15) is 62.6 Å². The van der Waals surface area contributed by atoms with E-state index in [9.17, 15) is 34.5 Å². The molecule has 398 valence electrons. The minimum Gasteiger partial charge on any atom is -0.445 e. The van der Waals surface area contributed by atoms with Crippen molar-refractivity contribution < 1.29 is 77.1 Å². The second-order valence-corrected chi connectivity index (χ2v) is 18.6. The number of amides is 3. The molecule has 3 aromatic rings. The minimum atomic E-state index is -1.68. The number of benzene rings is 3. The van der Waals surface area contributed by atoms with E-state index in [1.54, 1.807) is 48.6 Å². The van der Waals surface area contributed by atoms with E-state index in [0.29, 0.717) is 6.42 Å². The molecule has 0 unspecified atom stereocenters. The van der Waals surface area contributed by atoms with E-state index in [4.69, 9.17) is 47.9 Å². The Morgan fingerprint density at radius 1 is 0.649 bits per heavy atom. The Hall–Kier alpha value is -6.25. The highest BCUT2D eigenvalue weighted by Crippen LogP contribution is 2.40. The molecule has 6 N–H and O–H groups in total. The standard InChI is InChI=1S/C54H66N4O16/c1-3-39-21-23-41(57-53(64)67-31-35-16-9-5-10-17-35)49(69-39)72-46-33(2)26-37(27-38(60)20-13-25-55)44(61)48(46)74-51-45(62)47(43(29-59)71-51)73-50-42(58-54(65)68-32-36-18-11-6-12-19-36)24-22-40(70-50)28-56-52(63)66-30-34-14-7-4-8-15-34/h4-12,14-19,21-24,33,37,39-51,59,61-62H,3,13,20,26-32H2,1-2H3,(H,56,63)(H,57,64)(H,58,65)/t33-,37-,39+,40+,41+,42+,43+,44-,45+,46+,47+,48+,49+,50+,51-/m0/s1. The van der Waals surface area contributed by atoms with Crippen LogP contribution < -0.4 is 16.0 Å². The highest BCUT2D eigenvalue weighted by molar-refractivity contribution is 5.79. The number of alkyl carbamates (subject to hydrolysis) is 3. The number of rotatable bonds is 22. The fourth-order valence-corrected chi connectivity index (χ4v) is 9.15. The smallest absolute Gasteiger partial charge is 0.408 e. The number of nitrogens with zero attached hydrogens (tertiary/aromatic N) is 1. The summed E-state index contributed by atoms with van der Waals surface area (Å²) in [7, 11) is 0. The number of aliphatic hydroxyl groups excluding tert-OH is 3. The predicted octanol–water partition coefficient (Wildman–Crippen LogP) is 4.99. The number of aliphatic hydroxyl groups is 3. The second-order valence-electron chi connectivity index (χ2n) is 18.6. The Morgan fingerprint density at radius 2 is 1.15 bits per heavy atom. The number of ether oxygens (including phenoxy) is 9. The average molecular weight is 1030 g/mol. The Kier molecular flexibility index (Phi) is 20.9. The van der Waals surface area contributed by atoms with Crippen molar-refractivity contribution in [1.82, 2.24) is 16.0 Å². The molecular formula is C54H66N4O16. The fourth-order valence-electron chi connectivity index (χ4n) is 9.15. The number of nitriles is 1. The zero-order valence-electron chi connectivity index (χ0n) is 41.3. The minimum absolute atomic E-state index is 0.00646. The summed E-state index contributed by atoms with van der Waals surface area (Å²) in [6.07, 6.45) is -8.13. The molecule has 3 heterocycles. The van der Waals surface area contributed by atoms with Gasteiger partial charge in [-0.2, -0.15) is 5.26 Å². The van der Waals surface area contributed by atoms with Gasteiger partial charge in [-0.05, 0) is 41.4 Å². The summed E-state index contributed by atoms with van der Waals surface area (Å²) in [5.74, 6) is -1.34. The molecule has 3 aliphatic heterocycles. The molecule has 0 bridgehead atoms. The number of hydrogen-bond donors (Lipinski definition) is 6. The summed E-state index contributed by atoms with van der Waals surface area (Å²) >= 11 is 0. The lowest BCUT2D eigenvalue weighted by atomic mass is 9.74. The van der Waals surface area contributed by atoms with Gasteiger partial charge in [0.25, 0.3) is 0 Å². The van der Waals surface area contributed by atoms with E-state index in [-0.39, 0.29) is 57.8 Å². The summed E-state index contributed by atoms with van der Waals surface area (Å²) in [4.78, 5) is 52.1. The number of carbonyl (C=O) groups is 4. The third-order valence-corrected chi connectivity index (χ3v) is 13.1. The molecule has 7 rings (SSSR count). The number of carbonyl (C=O) groups excluding carboxylic acids is 4. The number of ketones is 1. The Bertz CT molecular complexity index is 2360. The van der Waals surface area contributed by atoms with Gasteiger partial charge in [-0.3, -0.25) is 4.79 Å². The molecular weight excluding hydrogens is 961 g/mol. The van der Waals surface area contributed by atoms with Crippen LogP contribution in [0.15, 0.2) is 115 Å². The summed E-state index contributed by atoms with van der Waals surface area (Å²) < 4.78 is 54.6. The first-order valence-electron chi connectivity index (χ1n) is 24.9. The zero-order chi connectivity index (χ0) is 52.4. The van der Waals surface area contributed by atoms with Crippen LogP contribution in [0.3, 0.4) is 0 Å². The van der Waals surface area contributed by atoms with Crippen molar-refractivity contribution in [3.05, 3.63) is 132 Å². The normalized spacial score (nSPS) is 30.4. The van der Waals surface area contributed by atoms with Crippen molar-refractivity contribution in [3.63, 3.8) is 0 Å². The Morgan fingerprint density at radius 3 is 1.68 bits per heavy atom. The van der Waals surface area contributed by atoms with Gasteiger partial charge in [-0.15, -0.1) is 0 Å². The van der Waals surface area contributed by atoms with E-state index < -0.39 is 117 Å². The molecule has 74 heavy (non-hydrogen) atoms. The summed E-state index contributed by atoms with van der Waals surface area (Å²) in [5, 5.41) is 52.2. The lowest BCUT2D eigenvalue weighted by Gasteiger charge is -2.46. The molecule has 1 saturated heterocycles. The van der Waals surface area contributed by atoms with Crippen LogP contribution in [0.25, 0.3) is 0 Å². The van der Waals surface area contributed by atoms with Crippen molar-refractivity contribution in [1.29, 1.82) is 5.26 Å². The van der Waals surface area contributed by atoms with Gasteiger partial charge in [0.2, 0.25) is 0 Å². The molecule has 0 spiro atoms. The Labute approximate surface area is 429 Å². The van der Waals surface area contributed by atoms with Gasteiger partial charge in [-0.25, -0.2) is 14.4 Å². The molecule has 3 aromatic carbocycles. The first-order chi connectivity index (χ1) is 35.9.